The minimum atomic E-state index is -0.687. The fraction of sp³-hybridized carbons (Fsp3) is 0.903. The van der Waals surface area contributed by atoms with Crippen molar-refractivity contribution in [2.24, 2.45) is 11.8 Å². The van der Waals surface area contributed by atoms with Gasteiger partial charge in [0, 0.05) is 18.9 Å². The van der Waals surface area contributed by atoms with Crippen molar-refractivity contribution in [2.45, 2.75) is 130 Å². The predicted octanol–water partition coefficient (Wildman–Crippen LogP) is 8.37. The second kappa shape index (κ2) is 26.3. The van der Waals surface area contributed by atoms with Gasteiger partial charge in [-0.05, 0) is 38.8 Å². The number of hydrogen-bond acceptors (Lipinski definition) is 6. The Morgan fingerprint density at radius 1 is 0.676 bits per heavy atom. The van der Waals surface area contributed by atoms with Gasteiger partial charge in [-0.2, -0.15) is 0 Å². The molecule has 0 saturated heterocycles. The summed E-state index contributed by atoms with van der Waals surface area (Å²) in [5.41, 5.74) is 0. The standard InChI is InChI=1S/C31H60NO5/c1-6-10-12-15-20-29(21-16-13-11-7-2)22-17-14-18-23-30(33)36-26-28(5)27-37-31(34)35-25-19-24-32(8-3)9-4/h28-29H,5-27H2,1-4H3. The van der Waals surface area contributed by atoms with E-state index in [1.165, 1.54) is 77.0 Å². The van der Waals surface area contributed by atoms with Gasteiger partial charge in [0.25, 0.3) is 0 Å². The Morgan fingerprint density at radius 3 is 1.76 bits per heavy atom. The third-order valence-corrected chi connectivity index (χ3v) is 7.08. The first-order chi connectivity index (χ1) is 18.0. The van der Waals surface area contributed by atoms with E-state index >= 15 is 0 Å². The number of ether oxygens (including phenoxy) is 3. The Kier molecular flexibility index (Phi) is 25.4. The van der Waals surface area contributed by atoms with Crippen molar-refractivity contribution in [3.63, 3.8) is 0 Å². The van der Waals surface area contributed by atoms with Crippen molar-refractivity contribution in [3.05, 3.63) is 6.92 Å². The zero-order chi connectivity index (χ0) is 27.6. The SMILES string of the molecule is [CH2]C(COC(=O)CCCCCC(CCCCCC)CCCCCC)COC(=O)OCCCN(CC)CC. The van der Waals surface area contributed by atoms with E-state index in [0.717, 1.165) is 44.8 Å². The van der Waals surface area contributed by atoms with Crippen molar-refractivity contribution >= 4 is 12.1 Å². The molecule has 37 heavy (non-hydrogen) atoms. The van der Waals surface area contributed by atoms with Crippen molar-refractivity contribution < 1.29 is 23.8 Å². The van der Waals surface area contributed by atoms with E-state index in [0.29, 0.717) is 13.0 Å². The van der Waals surface area contributed by atoms with Crippen molar-refractivity contribution in [1.29, 1.82) is 0 Å². The topological polar surface area (TPSA) is 65.1 Å². The maximum absolute atomic E-state index is 12.1. The molecule has 0 rings (SSSR count). The van der Waals surface area contributed by atoms with E-state index in [4.69, 9.17) is 14.2 Å². The van der Waals surface area contributed by atoms with E-state index in [1.807, 2.05) is 0 Å². The van der Waals surface area contributed by atoms with Gasteiger partial charge in [-0.15, -0.1) is 0 Å². The largest absolute Gasteiger partial charge is 0.508 e. The number of esters is 1. The molecule has 6 heteroatoms. The van der Waals surface area contributed by atoms with Crippen molar-refractivity contribution in [1.82, 2.24) is 4.90 Å². The maximum atomic E-state index is 12.1. The summed E-state index contributed by atoms with van der Waals surface area (Å²) in [6.07, 6.45) is 18.5. The van der Waals surface area contributed by atoms with Gasteiger partial charge in [-0.25, -0.2) is 4.79 Å². The van der Waals surface area contributed by atoms with Crippen molar-refractivity contribution in [2.75, 3.05) is 39.5 Å². The average molecular weight is 527 g/mol. The molecule has 1 unspecified atom stereocenters. The molecule has 1 radical (unpaired) electrons. The minimum absolute atomic E-state index is 0.0834. The fourth-order valence-corrected chi connectivity index (χ4v) is 4.57. The second-order valence-corrected chi connectivity index (χ2v) is 10.5. The van der Waals surface area contributed by atoms with Crippen molar-refractivity contribution in [3.8, 4) is 0 Å². The molecule has 0 aliphatic heterocycles. The summed E-state index contributed by atoms with van der Waals surface area (Å²) < 4.78 is 15.5. The first-order valence-electron chi connectivity index (χ1n) is 15.5. The average Bonchev–Trinajstić information content (AvgIpc) is 2.90. The first kappa shape index (κ1) is 35.7. The highest BCUT2D eigenvalue weighted by Gasteiger charge is 2.13. The summed E-state index contributed by atoms with van der Waals surface area (Å²) in [5.74, 6) is 0.360. The normalized spacial score (nSPS) is 12.2. The summed E-state index contributed by atoms with van der Waals surface area (Å²) in [4.78, 5) is 26.1. The fourth-order valence-electron chi connectivity index (χ4n) is 4.57. The van der Waals surface area contributed by atoms with Gasteiger partial charge in [0.1, 0.15) is 6.61 Å². The van der Waals surface area contributed by atoms with Crippen LogP contribution in [-0.2, 0) is 19.0 Å². The molecule has 0 fully saturated rings. The van der Waals surface area contributed by atoms with Crippen LogP contribution in [-0.4, -0.2) is 56.5 Å². The Labute approximate surface area is 229 Å². The molecule has 0 aromatic carbocycles. The van der Waals surface area contributed by atoms with Gasteiger partial charge >= 0.3 is 12.1 Å². The molecule has 0 saturated carbocycles. The van der Waals surface area contributed by atoms with Crippen LogP contribution in [0.5, 0.6) is 0 Å². The minimum Gasteiger partial charge on any atom is -0.465 e. The molecule has 1 atom stereocenters. The lowest BCUT2D eigenvalue weighted by molar-refractivity contribution is -0.145. The van der Waals surface area contributed by atoms with Crippen LogP contribution >= 0.6 is 0 Å². The maximum Gasteiger partial charge on any atom is 0.508 e. The number of nitrogens with zero attached hydrogens (tertiary/aromatic N) is 1. The second-order valence-electron chi connectivity index (χ2n) is 10.5. The van der Waals surface area contributed by atoms with Gasteiger partial charge < -0.3 is 19.1 Å². The van der Waals surface area contributed by atoms with Gasteiger partial charge in [-0.3, -0.25) is 4.79 Å². The molecule has 0 aromatic heterocycles. The van der Waals surface area contributed by atoms with Crippen LogP contribution in [0.3, 0.4) is 0 Å². The highest BCUT2D eigenvalue weighted by molar-refractivity contribution is 5.69. The summed E-state index contributed by atoms with van der Waals surface area (Å²) in [5, 5.41) is 0. The van der Waals surface area contributed by atoms with E-state index in [1.54, 1.807) is 0 Å². The Morgan fingerprint density at radius 2 is 1.22 bits per heavy atom. The molecule has 0 aliphatic rings. The Hall–Kier alpha value is -1.30. The molecule has 219 valence electrons. The van der Waals surface area contributed by atoms with Crippen LogP contribution in [0.25, 0.3) is 0 Å². The molecular weight excluding hydrogens is 466 g/mol. The number of carbonyl (C=O) groups is 2. The zero-order valence-electron chi connectivity index (χ0n) is 24.9. The number of rotatable bonds is 26. The molecular formula is C31H60NO5. The van der Waals surface area contributed by atoms with Crippen LogP contribution < -0.4 is 0 Å². The quantitative estimate of drug-likeness (QED) is 0.0833. The van der Waals surface area contributed by atoms with Crippen LogP contribution in [0.1, 0.15) is 130 Å². The summed E-state index contributed by atoms with van der Waals surface area (Å²) >= 11 is 0. The molecule has 0 bridgehead atoms. The lowest BCUT2D eigenvalue weighted by Crippen LogP contribution is -2.25. The predicted molar refractivity (Wildman–Crippen MR) is 154 cm³/mol. The van der Waals surface area contributed by atoms with E-state index in [-0.39, 0.29) is 25.1 Å². The van der Waals surface area contributed by atoms with Crippen LogP contribution in [0, 0.1) is 18.8 Å². The molecule has 0 amide bonds. The first-order valence-corrected chi connectivity index (χ1v) is 15.5. The van der Waals surface area contributed by atoms with Crippen LogP contribution in [0.15, 0.2) is 0 Å². The smallest absolute Gasteiger partial charge is 0.465 e. The summed E-state index contributed by atoms with van der Waals surface area (Å²) in [6.45, 7) is 16.1. The Bertz CT molecular complexity index is 512. The van der Waals surface area contributed by atoms with Gasteiger partial charge in [0.15, 0.2) is 0 Å². The van der Waals surface area contributed by atoms with E-state index in [9.17, 15) is 9.59 Å². The summed E-state index contributed by atoms with van der Waals surface area (Å²) in [6, 6.07) is 0. The van der Waals surface area contributed by atoms with Crippen LogP contribution in [0.2, 0.25) is 0 Å². The summed E-state index contributed by atoms with van der Waals surface area (Å²) in [7, 11) is 0. The van der Waals surface area contributed by atoms with Gasteiger partial charge in [-0.1, -0.05) is 111 Å². The van der Waals surface area contributed by atoms with Crippen LogP contribution in [0.4, 0.5) is 4.79 Å². The number of carbonyl (C=O) groups excluding carboxylic acids is 2. The molecule has 0 heterocycles. The highest BCUT2D eigenvalue weighted by Crippen LogP contribution is 2.24. The monoisotopic (exact) mass is 526 g/mol. The highest BCUT2D eigenvalue weighted by atomic mass is 16.7. The molecule has 0 aliphatic carbocycles. The Balaban J connectivity index is 3.88. The van der Waals surface area contributed by atoms with Gasteiger partial charge in [0.2, 0.25) is 0 Å². The number of hydrogen-bond donors (Lipinski definition) is 0. The molecule has 0 spiro atoms. The molecule has 0 N–H and O–H groups in total. The zero-order valence-corrected chi connectivity index (χ0v) is 24.9. The number of unbranched alkanes of at least 4 members (excludes halogenated alkanes) is 8. The third kappa shape index (κ3) is 23.5. The molecule has 6 nitrogen and oxygen atoms in total. The third-order valence-electron chi connectivity index (χ3n) is 7.08. The lowest BCUT2D eigenvalue weighted by atomic mass is 9.89. The van der Waals surface area contributed by atoms with E-state index in [2.05, 4.69) is 39.5 Å². The lowest BCUT2D eigenvalue weighted by Gasteiger charge is -2.17. The molecule has 0 aromatic rings. The van der Waals surface area contributed by atoms with E-state index < -0.39 is 6.16 Å². The van der Waals surface area contributed by atoms with Gasteiger partial charge in [0.05, 0.1) is 13.2 Å².